The van der Waals surface area contributed by atoms with Gasteiger partial charge in [0.2, 0.25) is 5.91 Å². The van der Waals surface area contributed by atoms with Crippen molar-refractivity contribution in [3.63, 3.8) is 0 Å². The highest BCUT2D eigenvalue weighted by Gasteiger charge is 2.17. The van der Waals surface area contributed by atoms with E-state index in [1.807, 2.05) is 37.3 Å². The van der Waals surface area contributed by atoms with Crippen LogP contribution in [0.1, 0.15) is 49.4 Å². The Bertz CT molecular complexity index is 777. The molecule has 0 unspecified atom stereocenters. The van der Waals surface area contributed by atoms with Crippen LogP contribution in [0, 0.1) is 12.8 Å². The fourth-order valence-electron chi connectivity index (χ4n) is 3.59. The number of hydrogen-bond acceptors (Lipinski definition) is 2. The maximum atomic E-state index is 12.2. The highest BCUT2D eigenvalue weighted by Crippen LogP contribution is 2.24. The third kappa shape index (κ3) is 5.46. The molecule has 0 radical (unpaired) electrons. The number of nitrogens with zero attached hydrogens (tertiary/aromatic N) is 1. The minimum Gasteiger partial charge on any atom is -0.371 e. The summed E-state index contributed by atoms with van der Waals surface area (Å²) in [5.74, 6) is 0.689. The molecule has 1 amide bonds. The second-order valence-corrected chi connectivity index (χ2v) is 7.76. The van der Waals surface area contributed by atoms with Gasteiger partial charge in [0.15, 0.2) is 0 Å². The van der Waals surface area contributed by atoms with Gasteiger partial charge >= 0.3 is 0 Å². The van der Waals surface area contributed by atoms with Crippen molar-refractivity contribution < 1.29 is 4.79 Å². The molecule has 2 aromatic rings. The Morgan fingerprint density at radius 2 is 1.85 bits per heavy atom. The summed E-state index contributed by atoms with van der Waals surface area (Å²) in [6, 6.07) is 16.7. The zero-order valence-electron chi connectivity index (χ0n) is 16.6. The molecule has 27 heavy (non-hydrogen) atoms. The fraction of sp³-hybridized carbons (Fsp3) is 0.375. The number of aryl methyl sites for hydroxylation is 1. The van der Waals surface area contributed by atoms with Gasteiger partial charge in [-0.05, 0) is 61.9 Å². The van der Waals surface area contributed by atoms with Crippen LogP contribution in [0.15, 0.2) is 54.6 Å². The van der Waals surface area contributed by atoms with E-state index in [4.69, 9.17) is 0 Å². The number of amides is 1. The van der Waals surface area contributed by atoms with Gasteiger partial charge in [0.1, 0.15) is 0 Å². The standard InChI is InChI=1S/C24H30N2O/c1-18-6-8-21(9-7-18)10-15-24(27)25-20(3)22-11-13-23(14-12-22)26-16-4-5-19(2)17-26/h6-15,19-20H,4-5,16-17H2,1-3H3,(H,25,27)/b15-10+/t19-,20+/m0/s1. The number of nitrogens with one attached hydrogen (secondary N) is 1. The van der Waals surface area contributed by atoms with E-state index in [1.165, 1.54) is 24.1 Å². The summed E-state index contributed by atoms with van der Waals surface area (Å²) in [5, 5.41) is 3.04. The van der Waals surface area contributed by atoms with Gasteiger partial charge in [-0.15, -0.1) is 0 Å². The van der Waals surface area contributed by atoms with Crippen LogP contribution in [0.4, 0.5) is 5.69 Å². The number of anilines is 1. The van der Waals surface area contributed by atoms with Gasteiger partial charge in [0, 0.05) is 24.9 Å². The van der Waals surface area contributed by atoms with E-state index in [1.54, 1.807) is 6.08 Å². The third-order valence-corrected chi connectivity index (χ3v) is 5.28. The van der Waals surface area contributed by atoms with Crippen molar-refractivity contribution in [2.45, 2.75) is 39.7 Å². The third-order valence-electron chi connectivity index (χ3n) is 5.28. The second kappa shape index (κ2) is 8.90. The monoisotopic (exact) mass is 362 g/mol. The zero-order valence-corrected chi connectivity index (χ0v) is 16.6. The molecule has 0 aliphatic carbocycles. The Kier molecular flexibility index (Phi) is 6.33. The summed E-state index contributed by atoms with van der Waals surface area (Å²) in [6.07, 6.45) is 6.04. The van der Waals surface area contributed by atoms with Gasteiger partial charge < -0.3 is 10.2 Å². The summed E-state index contributed by atoms with van der Waals surface area (Å²) in [6.45, 7) is 8.67. The van der Waals surface area contributed by atoms with Crippen molar-refractivity contribution >= 4 is 17.7 Å². The highest BCUT2D eigenvalue weighted by atomic mass is 16.1. The van der Waals surface area contributed by atoms with Crippen LogP contribution in [-0.2, 0) is 4.79 Å². The average molecular weight is 363 g/mol. The van der Waals surface area contributed by atoms with Crippen LogP contribution in [-0.4, -0.2) is 19.0 Å². The van der Waals surface area contributed by atoms with Gasteiger partial charge in [0.25, 0.3) is 0 Å². The van der Waals surface area contributed by atoms with Crippen LogP contribution in [0.3, 0.4) is 0 Å². The van der Waals surface area contributed by atoms with Gasteiger partial charge in [-0.1, -0.05) is 48.9 Å². The molecule has 2 atom stereocenters. The molecule has 1 saturated heterocycles. The van der Waals surface area contributed by atoms with Crippen molar-refractivity contribution in [3.8, 4) is 0 Å². The van der Waals surface area contributed by atoms with Gasteiger partial charge in [-0.3, -0.25) is 4.79 Å². The summed E-state index contributed by atoms with van der Waals surface area (Å²) in [7, 11) is 0. The number of piperidine rings is 1. The molecular weight excluding hydrogens is 332 g/mol. The predicted octanol–water partition coefficient (Wildman–Crippen LogP) is 5.12. The lowest BCUT2D eigenvalue weighted by Gasteiger charge is -2.33. The van der Waals surface area contributed by atoms with Crippen molar-refractivity contribution in [3.05, 3.63) is 71.3 Å². The van der Waals surface area contributed by atoms with Crippen LogP contribution in [0.2, 0.25) is 0 Å². The summed E-state index contributed by atoms with van der Waals surface area (Å²) >= 11 is 0. The van der Waals surface area contributed by atoms with Gasteiger partial charge in [-0.25, -0.2) is 0 Å². The van der Waals surface area contributed by atoms with E-state index in [9.17, 15) is 4.79 Å². The Morgan fingerprint density at radius 1 is 1.15 bits per heavy atom. The zero-order chi connectivity index (χ0) is 19.2. The minimum absolute atomic E-state index is 0.0190. The topological polar surface area (TPSA) is 32.3 Å². The normalized spacial score (nSPS) is 18.5. The Balaban J connectivity index is 1.56. The quantitative estimate of drug-likeness (QED) is 0.749. The minimum atomic E-state index is -0.0722. The van der Waals surface area contributed by atoms with Crippen LogP contribution in [0.5, 0.6) is 0 Å². The Labute approximate surface area is 163 Å². The van der Waals surface area contributed by atoms with E-state index in [2.05, 4.69) is 48.3 Å². The first-order valence-corrected chi connectivity index (χ1v) is 9.91. The lowest BCUT2D eigenvalue weighted by atomic mass is 9.99. The Morgan fingerprint density at radius 3 is 2.52 bits per heavy atom. The molecule has 3 heteroatoms. The molecular formula is C24H30N2O. The summed E-state index contributed by atoms with van der Waals surface area (Å²) in [4.78, 5) is 14.7. The first-order valence-electron chi connectivity index (χ1n) is 9.91. The molecule has 2 aromatic carbocycles. The van der Waals surface area contributed by atoms with Crippen molar-refractivity contribution in [2.75, 3.05) is 18.0 Å². The number of benzene rings is 2. The molecule has 3 nitrogen and oxygen atoms in total. The number of carbonyl (C=O) groups is 1. The molecule has 0 bridgehead atoms. The van der Waals surface area contributed by atoms with E-state index in [0.717, 1.165) is 30.1 Å². The molecule has 1 fully saturated rings. The number of carbonyl (C=O) groups excluding carboxylic acids is 1. The largest absolute Gasteiger partial charge is 0.371 e. The summed E-state index contributed by atoms with van der Waals surface area (Å²) < 4.78 is 0. The second-order valence-electron chi connectivity index (χ2n) is 7.76. The first kappa shape index (κ1) is 19.2. The molecule has 142 valence electrons. The van der Waals surface area contributed by atoms with Crippen LogP contribution < -0.4 is 10.2 Å². The first-order chi connectivity index (χ1) is 13.0. The molecule has 0 aromatic heterocycles. The van der Waals surface area contributed by atoms with Crippen molar-refractivity contribution in [1.29, 1.82) is 0 Å². The van der Waals surface area contributed by atoms with Crippen LogP contribution in [0.25, 0.3) is 6.08 Å². The molecule has 1 heterocycles. The van der Waals surface area contributed by atoms with Gasteiger partial charge in [-0.2, -0.15) is 0 Å². The van der Waals surface area contributed by atoms with E-state index in [-0.39, 0.29) is 11.9 Å². The van der Waals surface area contributed by atoms with Crippen LogP contribution >= 0.6 is 0 Å². The van der Waals surface area contributed by atoms with Gasteiger partial charge in [0.05, 0.1) is 6.04 Å². The average Bonchev–Trinajstić information content (AvgIpc) is 2.67. The molecule has 1 aliphatic rings. The van der Waals surface area contributed by atoms with Crippen molar-refractivity contribution in [2.24, 2.45) is 5.92 Å². The molecule has 0 spiro atoms. The molecule has 3 rings (SSSR count). The number of hydrogen-bond donors (Lipinski definition) is 1. The Hall–Kier alpha value is -2.55. The van der Waals surface area contributed by atoms with E-state index in [0.29, 0.717) is 0 Å². The maximum Gasteiger partial charge on any atom is 0.244 e. The summed E-state index contributed by atoms with van der Waals surface area (Å²) in [5.41, 5.74) is 4.65. The lowest BCUT2D eigenvalue weighted by Crippen LogP contribution is -2.34. The lowest BCUT2D eigenvalue weighted by molar-refractivity contribution is -0.117. The smallest absolute Gasteiger partial charge is 0.244 e. The van der Waals surface area contributed by atoms with E-state index < -0.39 is 0 Å². The maximum absolute atomic E-state index is 12.2. The molecule has 1 N–H and O–H groups in total. The fourth-order valence-corrected chi connectivity index (χ4v) is 3.59. The highest BCUT2D eigenvalue weighted by molar-refractivity contribution is 5.91. The molecule has 1 aliphatic heterocycles. The number of rotatable bonds is 5. The van der Waals surface area contributed by atoms with E-state index >= 15 is 0 Å². The molecule has 0 saturated carbocycles. The van der Waals surface area contributed by atoms with Crippen molar-refractivity contribution in [1.82, 2.24) is 5.32 Å². The SMILES string of the molecule is Cc1ccc(/C=C/C(=O)N[C@H](C)c2ccc(N3CCC[C@H](C)C3)cc2)cc1. The predicted molar refractivity (Wildman–Crippen MR) is 114 cm³/mol.